The zero-order chi connectivity index (χ0) is 18.6. The zero-order valence-corrected chi connectivity index (χ0v) is 15.2. The van der Waals surface area contributed by atoms with E-state index in [0.717, 1.165) is 24.9 Å². The third-order valence-electron chi connectivity index (χ3n) is 3.88. The van der Waals surface area contributed by atoms with Crippen LogP contribution in [0.4, 0.5) is 11.4 Å². The van der Waals surface area contributed by atoms with Crippen LogP contribution in [0.5, 0.6) is 0 Å². The number of amides is 1. The molecule has 0 aliphatic rings. The Labute approximate surface area is 154 Å². The molecule has 138 valence electrons. The third kappa shape index (κ3) is 6.97. The van der Waals surface area contributed by atoms with Crippen LogP contribution in [0.2, 0.25) is 0 Å². The van der Waals surface area contributed by atoms with Gasteiger partial charge in [-0.1, -0.05) is 44.4 Å². The highest BCUT2D eigenvalue weighted by atomic mass is 16.5. The molecule has 0 unspecified atom stereocenters. The molecule has 2 rings (SSSR count). The van der Waals surface area contributed by atoms with Gasteiger partial charge in [0.1, 0.15) is 6.54 Å². The third-order valence-corrected chi connectivity index (χ3v) is 3.88. The number of carbonyl (C=O) groups excluding carboxylic acids is 2. The van der Waals surface area contributed by atoms with Crippen molar-refractivity contribution >= 4 is 23.3 Å². The van der Waals surface area contributed by atoms with Gasteiger partial charge in [0.2, 0.25) is 0 Å². The number of benzene rings is 2. The number of hydrogen-bond donors (Lipinski definition) is 2. The second kappa shape index (κ2) is 10.9. The fourth-order valence-electron chi connectivity index (χ4n) is 2.40. The second-order valence-electron chi connectivity index (χ2n) is 6.03. The van der Waals surface area contributed by atoms with Gasteiger partial charge in [-0.15, -0.1) is 0 Å². The standard InChI is InChI=1S/C21H26N2O3/c1-2-3-4-8-15-26-20(24)16-22-18-11-13-19(14-12-18)23-21(25)17-9-6-5-7-10-17/h5-7,9-14,22H,2-4,8,15-16H2,1H3,(H,23,25). The van der Waals surface area contributed by atoms with Crippen molar-refractivity contribution in [2.45, 2.75) is 32.6 Å². The number of unbranched alkanes of at least 4 members (excludes halogenated alkanes) is 3. The average Bonchev–Trinajstić information content (AvgIpc) is 2.68. The first-order chi connectivity index (χ1) is 12.7. The Morgan fingerprint density at radius 1 is 0.885 bits per heavy atom. The molecule has 2 aromatic rings. The van der Waals surface area contributed by atoms with Gasteiger partial charge in [0.25, 0.3) is 5.91 Å². The van der Waals surface area contributed by atoms with Gasteiger partial charge in [-0.3, -0.25) is 9.59 Å². The van der Waals surface area contributed by atoms with Crippen molar-refractivity contribution in [1.82, 2.24) is 0 Å². The molecule has 26 heavy (non-hydrogen) atoms. The Morgan fingerprint density at radius 3 is 2.27 bits per heavy atom. The maximum absolute atomic E-state index is 12.1. The Bertz CT molecular complexity index is 684. The minimum Gasteiger partial charge on any atom is -0.464 e. The normalized spacial score (nSPS) is 10.2. The molecule has 0 saturated carbocycles. The van der Waals surface area contributed by atoms with Gasteiger partial charge >= 0.3 is 5.97 Å². The molecule has 0 fully saturated rings. The van der Waals surface area contributed by atoms with Crippen LogP contribution < -0.4 is 10.6 Å². The van der Waals surface area contributed by atoms with Crippen LogP contribution in [-0.2, 0) is 9.53 Å². The van der Waals surface area contributed by atoms with Crippen LogP contribution in [0, 0.1) is 0 Å². The molecule has 0 radical (unpaired) electrons. The van der Waals surface area contributed by atoms with E-state index in [2.05, 4.69) is 17.6 Å². The molecule has 0 aromatic heterocycles. The SMILES string of the molecule is CCCCCCOC(=O)CNc1ccc(NC(=O)c2ccccc2)cc1. The van der Waals surface area contributed by atoms with Gasteiger partial charge in [0.05, 0.1) is 6.61 Å². The Balaban J connectivity index is 1.72. The monoisotopic (exact) mass is 354 g/mol. The van der Waals surface area contributed by atoms with Crippen molar-refractivity contribution in [3.8, 4) is 0 Å². The molecular formula is C21H26N2O3. The quantitative estimate of drug-likeness (QED) is 0.488. The van der Waals surface area contributed by atoms with Crippen molar-refractivity contribution in [3.05, 3.63) is 60.2 Å². The molecule has 0 bridgehead atoms. The Kier molecular flexibility index (Phi) is 8.19. The van der Waals surface area contributed by atoms with Crippen molar-refractivity contribution in [1.29, 1.82) is 0 Å². The van der Waals surface area contributed by atoms with Crippen LogP contribution in [0.1, 0.15) is 43.0 Å². The van der Waals surface area contributed by atoms with Gasteiger partial charge in [-0.05, 0) is 42.8 Å². The molecule has 0 aliphatic carbocycles. The van der Waals surface area contributed by atoms with E-state index < -0.39 is 0 Å². The summed E-state index contributed by atoms with van der Waals surface area (Å²) in [5, 5.41) is 5.86. The lowest BCUT2D eigenvalue weighted by Gasteiger charge is -2.09. The summed E-state index contributed by atoms with van der Waals surface area (Å²) >= 11 is 0. The summed E-state index contributed by atoms with van der Waals surface area (Å²) in [7, 11) is 0. The second-order valence-corrected chi connectivity index (χ2v) is 6.03. The van der Waals surface area contributed by atoms with Gasteiger partial charge in [-0.2, -0.15) is 0 Å². The minimum absolute atomic E-state index is 0.128. The van der Waals surface area contributed by atoms with Crippen LogP contribution in [-0.4, -0.2) is 25.0 Å². The fraction of sp³-hybridized carbons (Fsp3) is 0.333. The average molecular weight is 354 g/mol. The number of hydrogen-bond acceptors (Lipinski definition) is 4. The predicted molar refractivity (Wildman–Crippen MR) is 104 cm³/mol. The molecular weight excluding hydrogens is 328 g/mol. The number of ether oxygens (including phenoxy) is 1. The van der Waals surface area contributed by atoms with E-state index in [4.69, 9.17) is 4.74 Å². The van der Waals surface area contributed by atoms with E-state index in [9.17, 15) is 9.59 Å². The van der Waals surface area contributed by atoms with Crippen LogP contribution in [0.3, 0.4) is 0 Å². The minimum atomic E-state index is -0.261. The summed E-state index contributed by atoms with van der Waals surface area (Å²) in [4.78, 5) is 23.8. The molecule has 5 heteroatoms. The smallest absolute Gasteiger partial charge is 0.325 e. The van der Waals surface area contributed by atoms with Crippen molar-refractivity contribution < 1.29 is 14.3 Å². The van der Waals surface area contributed by atoms with Gasteiger partial charge < -0.3 is 15.4 Å². The summed E-state index contributed by atoms with van der Waals surface area (Å²) in [6.45, 7) is 2.75. The summed E-state index contributed by atoms with van der Waals surface area (Å²) in [5.41, 5.74) is 2.10. The maximum atomic E-state index is 12.1. The van der Waals surface area contributed by atoms with Gasteiger partial charge in [-0.25, -0.2) is 0 Å². The molecule has 5 nitrogen and oxygen atoms in total. The molecule has 1 amide bonds. The van der Waals surface area contributed by atoms with Crippen LogP contribution in [0.25, 0.3) is 0 Å². The highest BCUT2D eigenvalue weighted by molar-refractivity contribution is 6.04. The van der Waals surface area contributed by atoms with Crippen LogP contribution in [0.15, 0.2) is 54.6 Å². The van der Waals surface area contributed by atoms with E-state index in [1.54, 1.807) is 24.3 Å². The first-order valence-corrected chi connectivity index (χ1v) is 9.05. The van der Waals surface area contributed by atoms with Gasteiger partial charge in [0.15, 0.2) is 0 Å². The number of carbonyl (C=O) groups is 2. The molecule has 0 heterocycles. The number of rotatable bonds is 10. The van der Waals surface area contributed by atoms with Crippen molar-refractivity contribution in [3.63, 3.8) is 0 Å². The molecule has 0 spiro atoms. The summed E-state index contributed by atoms with van der Waals surface area (Å²) in [6, 6.07) is 16.3. The van der Waals surface area contributed by atoms with Gasteiger partial charge in [0, 0.05) is 16.9 Å². The fourth-order valence-corrected chi connectivity index (χ4v) is 2.40. The Hall–Kier alpha value is -2.82. The highest BCUT2D eigenvalue weighted by Crippen LogP contribution is 2.14. The first kappa shape index (κ1) is 19.5. The largest absolute Gasteiger partial charge is 0.464 e. The molecule has 0 atom stereocenters. The molecule has 0 aliphatic heterocycles. The number of esters is 1. The first-order valence-electron chi connectivity index (χ1n) is 9.05. The zero-order valence-electron chi connectivity index (χ0n) is 15.2. The summed E-state index contributed by atoms with van der Waals surface area (Å²) in [5.74, 6) is -0.416. The maximum Gasteiger partial charge on any atom is 0.325 e. The van der Waals surface area contributed by atoms with Crippen molar-refractivity contribution in [2.24, 2.45) is 0 Å². The van der Waals surface area contributed by atoms with E-state index >= 15 is 0 Å². The van der Waals surface area contributed by atoms with Crippen LogP contribution >= 0.6 is 0 Å². The summed E-state index contributed by atoms with van der Waals surface area (Å²) in [6.07, 6.45) is 4.34. The Morgan fingerprint density at radius 2 is 1.58 bits per heavy atom. The molecule has 2 aromatic carbocycles. The number of anilines is 2. The van der Waals surface area contributed by atoms with Crippen molar-refractivity contribution in [2.75, 3.05) is 23.8 Å². The predicted octanol–water partition coefficient (Wildman–Crippen LogP) is 4.47. The highest BCUT2D eigenvalue weighted by Gasteiger charge is 2.06. The van der Waals surface area contributed by atoms with E-state index in [-0.39, 0.29) is 18.4 Å². The van der Waals surface area contributed by atoms with E-state index in [0.29, 0.717) is 17.9 Å². The lowest BCUT2D eigenvalue weighted by molar-refractivity contribution is -0.141. The van der Waals surface area contributed by atoms with E-state index in [1.807, 2.05) is 30.3 Å². The summed E-state index contributed by atoms with van der Waals surface area (Å²) < 4.78 is 5.18. The van der Waals surface area contributed by atoms with E-state index in [1.165, 1.54) is 6.42 Å². The topological polar surface area (TPSA) is 67.4 Å². The lowest BCUT2D eigenvalue weighted by atomic mass is 10.2. The molecule has 0 saturated heterocycles. The number of nitrogens with one attached hydrogen (secondary N) is 2. The molecule has 2 N–H and O–H groups in total. The lowest BCUT2D eigenvalue weighted by Crippen LogP contribution is -2.17.